The molecule has 2 N–H and O–H groups in total. The second kappa shape index (κ2) is 6.22. The van der Waals surface area contributed by atoms with Gasteiger partial charge in [-0.3, -0.25) is 4.98 Å². The fourth-order valence-corrected chi connectivity index (χ4v) is 2.18. The summed E-state index contributed by atoms with van der Waals surface area (Å²) < 4.78 is 5.66. The van der Waals surface area contributed by atoms with Crippen molar-refractivity contribution in [3.8, 4) is 28.1 Å². The Labute approximate surface area is 128 Å². The van der Waals surface area contributed by atoms with Gasteiger partial charge in [-0.05, 0) is 19.1 Å². The van der Waals surface area contributed by atoms with Gasteiger partial charge in [0.15, 0.2) is 0 Å². The highest BCUT2D eigenvalue weighted by Gasteiger charge is 2.07. The molecule has 0 amide bonds. The molecule has 3 rings (SSSR count). The maximum absolute atomic E-state index is 5.66. The Bertz CT molecular complexity index is 754. The Morgan fingerprint density at radius 1 is 0.909 bits per heavy atom. The summed E-state index contributed by atoms with van der Waals surface area (Å²) in [4.78, 5) is 12.4. The van der Waals surface area contributed by atoms with Gasteiger partial charge in [-0.15, -0.1) is 0 Å². The second-order valence-electron chi connectivity index (χ2n) is 4.69. The number of benzene rings is 1. The van der Waals surface area contributed by atoms with Gasteiger partial charge in [0.1, 0.15) is 5.75 Å². The number of hydrogen-bond donors (Lipinski definition) is 1. The third-order valence-electron chi connectivity index (χ3n) is 3.23. The quantitative estimate of drug-likeness (QED) is 0.799. The molecular weight excluding hydrogens is 276 g/mol. The van der Waals surface area contributed by atoms with Gasteiger partial charge in [-0.1, -0.05) is 24.3 Å². The van der Waals surface area contributed by atoms with E-state index in [4.69, 9.17) is 10.5 Å². The van der Waals surface area contributed by atoms with Gasteiger partial charge in [0.2, 0.25) is 5.95 Å². The van der Waals surface area contributed by atoms with Crippen LogP contribution in [0.15, 0.2) is 55.0 Å². The normalized spacial score (nSPS) is 10.4. The van der Waals surface area contributed by atoms with Crippen LogP contribution in [0.3, 0.4) is 0 Å². The summed E-state index contributed by atoms with van der Waals surface area (Å²) in [5.74, 6) is 1.11. The largest absolute Gasteiger partial charge is 0.493 e. The van der Waals surface area contributed by atoms with Crippen LogP contribution in [0.2, 0.25) is 0 Å². The molecule has 110 valence electrons. The first kappa shape index (κ1) is 14.0. The minimum absolute atomic E-state index is 0.256. The summed E-state index contributed by atoms with van der Waals surface area (Å²) in [5.41, 5.74) is 9.16. The standard InChI is InChI=1S/C17H16N4O/c1-2-22-16-6-4-3-5-14(16)12-7-8-15(19-9-12)13-10-20-17(18)21-11-13/h3-11H,2H2,1H3,(H2,18,20,21). The molecule has 0 spiro atoms. The Kier molecular flexibility index (Phi) is 3.96. The zero-order valence-corrected chi connectivity index (χ0v) is 12.2. The van der Waals surface area contributed by atoms with Crippen molar-refractivity contribution in [1.29, 1.82) is 0 Å². The van der Waals surface area contributed by atoms with Gasteiger partial charge in [-0.25, -0.2) is 9.97 Å². The molecule has 0 bridgehead atoms. The van der Waals surface area contributed by atoms with E-state index >= 15 is 0 Å². The number of pyridine rings is 1. The van der Waals surface area contributed by atoms with Crippen LogP contribution in [0.4, 0.5) is 5.95 Å². The van der Waals surface area contributed by atoms with Crippen molar-refractivity contribution in [2.45, 2.75) is 6.92 Å². The van der Waals surface area contributed by atoms with Crippen molar-refractivity contribution >= 4 is 5.95 Å². The van der Waals surface area contributed by atoms with Crippen LogP contribution >= 0.6 is 0 Å². The molecule has 0 aliphatic heterocycles. The Morgan fingerprint density at radius 2 is 1.64 bits per heavy atom. The van der Waals surface area contributed by atoms with E-state index in [1.165, 1.54) is 0 Å². The highest BCUT2D eigenvalue weighted by Crippen LogP contribution is 2.30. The van der Waals surface area contributed by atoms with E-state index in [1.54, 1.807) is 12.4 Å². The van der Waals surface area contributed by atoms with E-state index in [0.29, 0.717) is 6.61 Å². The Balaban J connectivity index is 1.93. The molecule has 0 radical (unpaired) electrons. The van der Waals surface area contributed by atoms with Crippen LogP contribution in [0.25, 0.3) is 22.4 Å². The summed E-state index contributed by atoms with van der Waals surface area (Å²) in [7, 11) is 0. The van der Waals surface area contributed by atoms with Crippen LogP contribution in [-0.4, -0.2) is 21.6 Å². The lowest BCUT2D eigenvalue weighted by atomic mass is 10.1. The van der Waals surface area contributed by atoms with E-state index in [2.05, 4.69) is 15.0 Å². The highest BCUT2D eigenvalue weighted by atomic mass is 16.5. The molecule has 0 saturated heterocycles. The lowest BCUT2D eigenvalue weighted by molar-refractivity contribution is 0.341. The number of para-hydroxylation sites is 1. The van der Waals surface area contributed by atoms with Crippen LogP contribution < -0.4 is 10.5 Å². The molecule has 22 heavy (non-hydrogen) atoms. The van der Waals surface area contributed by atoms with E-state index in [0.717, 1.165) is 28.1 Å². The summed E-state index contributed by atoms with van der Waals surface area (Å²) in [5, 5.41) is 0. The number of ether oxygens (including phenoxy) is 1. The smallest absolute Gasteiger partial charge is 0.219 e. The van der Waals surface area contributed by atoms with E-state index in [-0.39, 0.29) is 5.95 Å². The predicted octanol–water partition coefficient (Wildman–Crippen LogP) is 3.19. The number of nitrogens with zero attached hydrogens (tertiary/aromatic N) is 3. The number of rotatable bonds is 4. The number of hydrogen-bond acceptors (Lipinski definition) is 5. The van der Waals surface area contributed by atoms with E-state index < -0.39 is 0 Å². The van der Waals surface area contributed by atoms with Crippen LogP contribution in [0, 0.1) is 0 Å². The Morgan fingerprint density at radius 3 is 2.32 bits per heavy atom. The molecule has 2 aromatic heterocycles. The van der Waals surface area contributed by atoms with Gasteiger partial charge in [0.25, 0.3) is 0 Å². The molecule has 0 unspecified atom stereocenters. The SMILES string of the molecule is CCOc1ccccc1-c1ccc(-c2cnc(N)nc2)nc1. The van der Waals surface area contributed by atoms with Crippen molar-refractivity contribution in [2.75, 3.05) is 12.3 Å². The number of nitrogen functional groups attached to an aromatic ring is 1. The second-order valence-corrected chi connectivity index (χ2v) is 4.69. The van der Waals surface area contributed by atoms with E-state index in [9.17, 15) is 0 Å². The Hall–Kier alpha value is -2.95. The summed E-state index contributed by atoms with van der Waals surface area (Å²) in [6, 6.07) is 11.9. The average Bonchev–Trinajstić information content (AvgIpc) is 2.57. The molecule has 5 nitrogen and oxygen atoms in total. The van der Waals surface area contributed by atoms with Gasteiger partial charge in [-0.2, -0.15) is 0 Å². The maximum atomic E-state index is 5.66. The lowest BCUT2D eigenvalue weighted by Crippen LogP contribution is -1.95. The topological polar surface area (TPSA) is 73.9 Å². The van der Waals surface area contributed by atoms with Crippen molar-refractivity contribution in [3.05, 3.63) is 55.0 Å². The minimum Gasteiger partial charge on any atom is -0.493 e. The minimum atomic E-state index is 0.256. The molecule has 5 heteroatoms. The fourth-order valence-electron chi connectivity index (χ4n) is 2.18. The summed E-state index contributed by atoms with van der Waals surface area (Å²) in [6.07, 6.45) is 5.15. The predicted molar refractivity (Wildman–Crippen MR) is 86.3 cm³/mol. The van der Waals surface area contributed by atoms with Crippen molar-refractivity contribution in [2.24, 2.45) is 0 Å². The first-order valence-corrected chi connectivity index (χ1v) is 7.04. The van der Waals surface area contributed by atoms with Crippen molar-refractivity contribution in [3.63, 3.8) is 0 Å². The lowest BCUT2D eigenvalue weighted by Gasteiger charge is -2.10. The molecule has 3 aromatic rings. The first-order valence-electron chi connectivity index (χ1n) is 7.04. The number of anilines is 1. The zero-order valence-electron chi connectivity index (χ0n) is 12.2. The molecule has 1 aromatic carbocycles. The number of nitrogens with two attached hydrogens (primary N) is 1. The van der Waals surface area contributed by atoms with Crippen LogP contribution in [0.5, 0.6) is 5.75 Å². The summed E-state index contributed by atoms with van der Waals surface area (Å²) >= 11 is 0. The van der Waals surface area contributed by atoms with Gasteiger partial charge in [0.05, 0.1) is 12.3 Å². The van der Waals surface area contributed by atoms with Crippen molar-refractivity contribution < 1.29 is 4.74 Å². The van der Waals surface area contributed by atoms with Gasteiger partial charge >= 0.3 is 0 Å². The third-order valence-corrected chi connectivity index (χ3v) is 3.23. The molecule has 0 aliphatic carbocycles. The van der Waals surface area contributed by atoms with Gasteiger partial charge < -0.3 is 10.5 Å². The molecule has 0 aliphatic rings. The average molecular weight is 292 g/mol. The molecule has 0 fully saturated rings. The van der Waals surface area contributed by atoms with Crippen molar-refractivity contribution in [1.82, 2.24) is 15.0 Å². The highest BCUT2D eigenvalue weighted by molar-refractivity contribution is 5.71. The first-order chi connectivity index (χ1) is 10.8. The van der Waals surface area contributed by atoms with E-state index in [1.807, 2.05) is 49.5 Å². The fraction of sp³-hybridized carbons (Fsp3) is 0.118. The molecule has 0 atom stereocenters. The number of aromatic nitrogens is 3. The van der Waals surface area contributed by atoms with Crippen LogP contribution in [0.1, 0.15) is 6.92 Å². The molecular formula is C17H16N4O. The maximum Gasteiger partial charge on any atom is 0.219 e. The summed E-state index contributed by atoms with van der Waals surface area (Å²) in [6.45, 7) is 2.60. The zero-order chi connectivity index (χ0) is 15.4. The molecule has 2 heterocycles. The van der Waals surface area contributed by atoms with Crippen LogP contribution in [-0.2, 0) is 0 Å². The molecule has 0 saturated carbocycles. The monoisotopic (exact) mass is 292 g/mol. The third kappa shape index (κ3) is 2.88. The van der Waals surface area contributed by atoms with Gasteiger partial charge in [0, 0.05) is 35.3 Å².